The Morgan fingerprint density at radius 3 is 2.62 bits per heavy atom. The van der Waals surface area contributed by atoms with E-state index in [1.807, 2.05) is 48.5 Å². The molecule has 162 valence electrons. The van der Waals surface area contributed by atoms with Crippen LogP contribution in [0.4, 0.5) is 0 Å². The van der Waals surface area contributed by atoms with Crippen molar-refractivity contribution in [3.8, 4) is 11.5 Å². The molecule has 0 aliphatic carbocycles. The largest absolute Gasteiger partial charge is 0.493 e. The highest BCUT2D eigenvalue weighted by atomic mass is 127. The van der Waals surface area contributed by atoms with Crippen LogP contribution in [-0.4, -0.2) is 19.0 Å². The minimum atomic E-state index is -0.537. The van der Waals surface area contributed by atoms with E-state index < -0.39 is 5.97 Å². The summed E-state index contributed by atoms with van der Waals surface area (Å²) in [6, 6.07) is 18.8. The van der Waals surface area contributed by atoms with E-state index in [2.05, 4.69) is 43.5 Å². The Kier molecular flexibility index (Phi) is 7.17. The summed E-state index contributed by atoms with van der Waals surface area (Å²) >= 11 is 12.2. The third-order valence-corrected chi connectivity index (χ3v) is 6.27. The average molecular weight is 625 g/mol. The maximum Gasteiger partial charge on any atom is 0.363 e. The van der Waals surface area contributed by atoms with Crippen molar-refractivity contribution in [1.29, 1.82) is 0 Å². The number of hydrogen-bond acceptors (Lipinski definition) is 5. The number of cyclic esters (lactones) is 1. The van der Waals surface area contributed by atoms with Crippen molar-refractivity contribution in [2.45, 2.75) is 6.61 Å². The van der Waals surface area contributed by atoms with Gasteiger partial charge in [-0.15, -0.1) is 0 Å². The highest BCUT2D eigenvalue weighted by Gasteiger charge is 2.25. The number of rotatable bonds is 6. The molecule has 0 aromatic heterocycles. The van der Waals surface area contributed by atoms with E-state index in [9.17, 15) is 4.79 Å². The third-order valence-electron chi connectivity index (χ3n) is 4.58. The number of esters is 1. The number of nitrogens with zero attached hydrogens (tertiary/aromatic N) is 1. The lowest BCUT2D eigenvalue weighted by Gasteiger charge is -2.13. The van der Waals surface area contributed by atoms with Crippen LogP contribution in [0.3, 0.4) is 0 Å². The monoisotopic (exact) mass is 623 g/mol. The van der Waals surface area contributed by atoms with Crippen LogP contribution >= 0.6 is 50.1 Å². The van der Waals surface area contributed by atoms with Gasteiger partial charge in [0.05, 0.1) is 17.7 Å². The summed E-state index contributed by atoms with van der Waals surface area (Å²) in [5.41, 5.74) is 2.51. The Bertz CT molecular complexity index is 1240. The fraction of sp³-hybridized carbons (Fsp3) is 0.0833. The van der Waals surface area contributed by atoms with Gasteiger partial charge in [-0.3, -0.25) is 0 Å². The van der Waals surface area contributed by atoms with E-state index in [-0.39, 0.29) is 11.6 Å². The van der Waals surface area contributed by atoms with Gasteiger partial charge in [0.25, 0.3) is 0 Å². The summed E-state index contributed by atoms with van der Waals surface area (Å²) in [4.78, 5) is 16.7. The van der Waals surface area contributed by atoms with Gasteiger partial charge in [0.2, 0.25) is 5.90 Å². The van der Waals surface area contributed by atoms with Crippen LogP contribution in [-0.2, 0) is 16.1 Å². The first kappa shape index (κ1) is 22.8. The minimum Gasteiger partial charge on any atom is -0.493 e. The predicted molar refractivity (Wildman–Crippen MR) is 136 cm³/mol. The molecule has 1 aliphatic rings. The highest BCUT2D eigenvalue weighted by molar-refractivity contribution is 14.1. The maximum absolute atomic E-state index is 12.4. The number of benzene rings is 3. The second-order valence-corrected chi connectivity index (χ2v) is 9.27. The van der Waals surface area contributed by atoms with Gasteiger partial charge in [-0.2, -0.15) is 0 Å². The van der Waals surface area contributed by atoms with E-state index in [1.54, 1.807) is 18.2 Å². The number of ether oxygens (including phenoxy) is 3. The SMILES string of the molecule is COc1cc(/C=C2\N=C(c3ccccc3Br)OC2=O)cc(Cl)c1OCc1ccc(I)cc1. The van der Waals surface area contributed by atoms with Crippen LogP contribution < -0.4 is 9.47 Å². The Balaban J connectivity index is 1.59. The van der Waals surface area contributed by atoms with E-state index >= 15 is 0 Å². The third kappa shape index (κ3) is 5.16. The topological polar surface area (TPSA) is 57.1 Å². The van der Waals surface area contributed by atoms with Gasteiger partial charge in [0.1, 0.15) is 6.61 Å². The molecule has 0 saturated heterocycles. The van der Waals surface area contributed by atoms with Crippen LogP contribution in [0.25, 0.3) is 6.08 Å². The van der Waals surface area contributed by atoms with Crippen LogP contribution in [0.15, 0.2) is 75.8 Å². The maximum atomic E-state index is 12.4. The second kappa shape index (κ2) is 10.1. The first-order chi connectivity index (χ1) is 15.4. The molecule has 1 aliphatic heterocycles. The summed E-state index contributed by atoms with van der Waals surface area (Å²) < 4.78 is 18.7. The number of hydrogen-bond donors (Lipinski definition) is 0. The van der Waals surface area contributed by atoms with Gasteiger partial charge >= 0.3 is 5.97 Å². The number of carbonyl (C=O) groups is 1. The zero-order valence-corrected chi connectivity index (χ0v) is 21.3. The van der Waals surface area contributed by atoms with E-state index in [0.29, 0.717) is 34.3 Å². The lowest BCUT2D eigenvalue weighted by atomic mass is 10.1. The van der Waals surface area contributed by atoms with E-state index in [4.69, 9.17) is 25.8 Å². The molecule has 5 nitrogen and oxygen atoms in total. The lowest BCUT2D eigenvalue weighted by molar-refractivity contribution is -0.129. The molecule has 1 heterocycles. The van der Waals surface area contributed by atoms with E-state index in [0.717, 1.165) is 13.6 Å². The Morgan fingerprint density at radius 2 is 1.91 bits per heavy atom. The van der Waals surface area contributed by atoms with Crippen LogP contribution in [0.2, 0.25) is 5.02 Å². The van der Waals surface area contributed by atoms with Crippen molar-refractivity contribution in [2.75, 3.05) is 7.11 Å². The summed E-state index contributed by atoms with van der Waals surface area (Å²) in [5.74, 6) is 0.589. The highest BCUT2D eigenvalue weighted by Crippen LogP contribution is 2.38. The van der Waals surface area contributed by atoms with E-state index in [1.165, 1.54) is 7.11 Å². The van der Waals surface area contributed by atoms with Gasteiger partial charge in [0, 0.05) is 8.04 Å². The number of carbonyl (C=O) groups excluding carboxylic acids is 1. The molecule has 4 rings (SSSR count). The summed E-state index contributed by atoms with van der Waals surface area (Å²) in [7, 11) is 1.54. The molecule has 0 atom stereocenters. The van der Waals surface area contributed by atoms with Gasteiger partial charge in [-0.05, 0) is 92.1 Å². The molecule has 8 heteroatoms. The molecule has 3 aromatic rings. The van der Waals surface area contributed by atoms with Crippen LogP contribution in [0.5, 0.6) is 11.5 Å². The summed E-state index contributed by atoms with van der Waals surface area (Å²) in [5, 5.41) is 0.364. The fourth-order valence-corrected chi connectivity index (χ4v) is 4.10. The zero-order valence-electron chi connectivity index (χ0n) is 16.8. The standard InChI is InChI=1S/C24H16BrClINO4/c1-30-21-12-15(10-19(26)22(21)31-13-14-6-8-16(27)9-7-14)11-20-24(29)32-23(28-20)17-4-2-3-5-18(17)25/h2-12H,13H2,1H3/b20-11-. The van der Waals surface area contributed by atoms with Crippen molar-refractivity contribution in [3.63, 3.8) is 0 Å². The molecular formula is C24H16BrClINO4. The molecule has 0 amide bonds. The number of methoxy groups -OCH3 is 1. The van der Waals surface area contributed by atoms with Crippen molar-refractivity contribution < 1.29 is 19.0 Å². The number of halogens is 3. The molecule has 0 saturated carbocycles. The number of aliphatic imine (C=N–C) groups is 1. The molecule has 3 aromatic carbocycles. The molecule has 0 bridgehead atoms. The quantitative estimate of drug-likeness (QED) is 0.175. The zero-order chi connectivity index (χ0) is 22.7. The Hall–Kier alpha value is -2.36. The minimum absolute atomic E-state index is 0.168. The van der Waals surface area contributed by atoms with Gasteiger partial charge < -0.3 is 14.2 Å². The smallest absolute Gasteiger partial charge is 0.363 e. The molecule has 32 heavy (non-hydrogen) atoms. The van der Waals surface area contributed by atoms with Crippen molar-refractivity contribution in [2.24, 2.45) is 4.99 Å². The summed E-state index contributed by atoms with van der Waals surface area (Å²) in [6.45, 7) is 0.347. The van der Waals surface area contributed by atoms with Gasteiger partial charge in [0.15, 0.2) is 17.2 Å². The molecule has 0 unspecified atom stereocenters. The fourth-order valence-electron chi connectivity index (χ4n) is 3.02. The van der Waals surface area contributed by atoms with Crippen molar-refractivity contribution in [3.05, 3.63) is 96.1 Å². The first-order valence-corrected chi connectivity index (χ1v) is 11.7. The Labute approximate surface area is 212 Å². The Morgan fingerprint density at radius 1 is 1.16 bits per heavy atom. The van der Waals surface area contributed by atoms with Crippen LogP contribution in [0.1, 0.15) is 16.7 Å². The average Bonchev–Trinajstić information content (AvgIpc) is 3.14. The van der Waals surface area contributed by atoms with Crippen molar-refractivity contribution >= 4 is 68.1 Å². The van der Waals surface area contributed by atoms with Crippen molar-refractivity contribution in [1.82, 2.24) is 0 Å². The second-order valence-electron chi connectivity index (χ2n) is 6.77. The molecule has 0 radical (unpaired) electrons. The summed E-state index contributed by atoms with van der Waals surface area (Å²) in [6.07, 6.45) is 1.60. The van der Waals surface area contributed by atoms with Gasteiger partial charge in [-0.1, -0.05) is 35.9 Å². The molecule has 0 spiro atoms. The normalized spacial score (nSPS) is 14.3. The van der Waals surface area contributed by atoms with Crippen LogP contribution in [0, 0.1) is 3.57 Å². The first-order valence-electron chi connectivity index (χ1n) is 9.47. The lowest BCUT2D eigenvalue weighted by Crippen LogP contribution is -2.05. The molecular weight excluding hydrogens is 609 g/mol. The predicted octanol–water partition coefficient (Wildman–Crippen LogP) is 6.64. The molecule has 0 N–H and O–H groups in total. The van der Waals surface area contributed by atoms with Gasteiger partial charge in [-0.25, -0.2) is 9.79 Å². The molecule has 0 fully saturated rings.